The zero-order valence-electron chi connectivity index (χ0n) is 9.07. The van der Waals surface area contributed by atoms with Crippen LogP contribution in [0.5, 0.6) is 0 Å². The van der Waals surface area contributed by atoms with Crippen molar-refractivity contribution in [3.05, 3.63) is 30.2 Å². The molecule has 0 saturated carbocycles. The summed E-state index contributed by atoms with van der Waals surface area (Å²) in [7, 11) is 0. The van der Waals surface area contributed by atoms with Crippen molar-refractivity contribution in [1.29, 1.82) is 0 Å². The molecule has 3 heteroatoms. The number of hydrogen-bond donors (Lipinski definition) is 0. The van der Waals surface area contributed by atoms with Crippen LogP contribution >= 0.6 is 0 Å². The lowest BCUT2D eigenvalue weighted by atomic mass is 10.2. The van der Waals surface area contributed by atoms with Crippen molar-refractivity contribution in [3.63, 3.8) is 0 Å². The monoisotopic (exact) mass is 191 g/mol. The summed E-state index contributed by atoms with van der Waals surface area (Å²) in [5.41, 5.74) is 1.09. The first-order valence-corrected chi connectivity index (χ1v) is 5.10. The summed E-state index contributed by atoms with van der Waals surface area (Å²) in [5, 5.41) is 4.13. The van der Waals surface area contributed by atoms with Crippen LogP contribution in [-0.4, -0.2) is 15.6 Å². The van der Waals surface area contributed by atoms with E-state index in [0.29, 0.717) is 0 Å². The molecule has 2 rings (SSSR count). The lowest BCUT2D eigenvalue weighted by Gasteiger charge is -2.09. The molecular weight excluding hydrogens is 174 g/mol. The van der Waals surface area contributed by atoms with Gasteiger partial charge in [0.2, 0.25) is 0 Å². The van der Waals surface area contributed by atoms with Crippen LogP contribution in [-0.2, 0) is 0 Å². The number of aliphatic imine (C=N–C) groups is 1. The van der Waals surface area contributed by atoms with Gasteiger partial charge in [-0.3, -0.25) is 0 Å². The summed E-state index contributed by atoms with van der Waals surface area (Å²) in [6.07, 6.45) is 7.91. The molecule has 0 radical (unpaired) electrons. The molecule has 3 nitrogen and oxygen atoms in total. The van der Waals surface area contributed by atoms with Crippen molar-refractivity contribution in [2.45, 2.75) is 33.6 Å². The van der Waals surface area contributed by atoms with E-state index in [2.05, 4.69) is 16.2 Å². The highest BCUT2D eigenvalue weighted by atomic mass is 15.3. The van der Waals surface area contributed by atoms with Gasteiger partial charge < -0.3 is 0 Å². The van der Waals surface area contributed by atoms with Gasteiger partial charge in [-0.1, -0.05) is 19.9 Å². The Kier molecular flexibility index (Phi) is 4.11. The second-order valence-corrected chi connectivity index (χ2v) is 2.86. The molecule has 1 aliphatic heterocycles. The number of rotatable bonds is 0. The lowest BCUT2D eigenvalue weighted by Crippen LogP contribution is -2.14. The van der Waals surface area contributed by atoms with Gasteiger partial charge in [0.25, 0.3) is 0 Å². The summed E-state index contributed by atoms with van der Waals surface area (Å²) in [6.45, 7) is 6.02. The molecule has 1 aromatic heterocycles. The van der Waals surface area contributed by atoms with Gasteiger partial charge in [0.05, 0.1) is 0 Å². The molecule has 0 aromatic carbocycles. The minimum absolute atomic E-state index is 0.985. The smallest absolute Gasteiger partial charge is 0.130 e. The Hall–Kier alpha value is -1.38. The number of nitrogens with zero attached hydrogens (tertiary/aromatic N) is 3. The number of allylic oxidation sites excluding steroid dienone is 2. The summed E-state index contributed by atoms with van der Waals surface area (Å²) in [6, 6.07) is 1.91. The minimum atomic E-state index is 0.985. The third-order valence-corrected chi connectivity index (χ3v) is 1.88. The van der Waals surface area contributed by atoms with E-state index >= 15 is 0 Å². The minimum Gasteiger partial charge on any atom is -0.239 e. The molecule has 1 aromatic rings. The highest BCUT2D eigenvalue weighted by Gasteiger charge is 2.05. The maximum absolute atomic E-state index is 4.40. The van der Waals surface area contributed by atoms with Crippen LogP contribution in [0, 0.1) is 0 Å². The van der Waals surface area contributed by atoms with Crippen LogP contribution in [0.4, 0.5) is 0 Å². The molecule has 0 aliphatic carbocycles. The van der Waals surface area contributed by atoms with Crippen LogP contribution in [0.2, 0.25) is 0 Å². The van der Waals surface area contributed by atoms with Crippen LogP contribution in [0.15, 0.2) is 35.2 Å². The quantitative estimate of drug-likeness (QED) is 0.620. The van der Waals surface area contributed by atoms with E-state index in [1.54, 1.807) is 6.20 Å². The lowest BCUT2D eigenvalue weighted by molar-refractivity contribution is 0.861. The first-order chi connectivity index (χ1) is 6.86. The fraction of sp³-hybridized carbons (Fsp3) is 0.455. The average Bonchev–Trinajstić information content (AvgIpc) is 2.74. The van der Waals surface area contributed by atoms with Crippen molar-refractivity contribution >= 4 is 5.84 Å². The Morgan fingerprint density at radius 1 is 1.36 bits per heavy atom. The third kappa shape index (κ3) is 2.55. The van der Waals surface area contributed by atoms with E-state index in [9.17, 15) is 0 Å². The summed E-state index contributed by atoms with van der Waals surface area (Å²) in [4.78, 5) is 4.40. The Labute approximate surface area is 85.2 Å². The van der Waals surface area contributed by atoms with Crippen LogP contribution < -0.4 is 0 Å². The fourth-order valence-electron chi connectivity index (χ4n) is 1.30. The zero-order valence-corrected chi connectivity index (χ0v) is 9.07. The van der Waals surface area contributed by atoms with E-state index in [0.717, 1.165) is 24.4 Å². The van der Waals surface area contributed by atoms with E-state index in [1.165, 1.54) is 0 Å². The van der Waals surface area contributed by atoms with E-state index in [4.69, 9.17) is 0 Å². The highest BCUT2D eigenvalue weighted by Crippen LogP contribution is 2.10. The Bertz CT molecular complexity index is 320. The molecule has 0 atom stereocenters. The molecule has 0 fully saturated rings. The topological polar surface area (TPSA) is 30.2 Å². The maximum atomic E-state index is 4.40. The van der Waals surface area contributed by atoms with Gasteiger partial charge in [0.1, 0.15) is 5.84 Å². The van der Waals surface area contributed by atoms with Gasteiger partial charge in [-0.05, 0) is 19.4 Å². The van der Waals surface area contributed by atoms with Gasteiger partial charge in [0.15, 0.2) is 0 Å². The molecule has 0 spiro atoms. The number of hydrogen-bond acceptors (Lipinski definition) is 2. The van der Waals surface area contributed by atoms with Crippen LogP contribution in [0.1, 0.15) is 33.6 Å². The van der Waals surface area contributed by atoms with E-state index < -0.39 is 0 Å². The predicted molar refractivity (Wildman–Crippen MR) is 59.4 cm³/mol. The predicted octanol–water partition coefficient (Wildman–Crippen LogP) is 2.85. The summed E-state index contributed by atoms with van der Waals surface area (Å²) >= 11 is 0. The third-order valence-electron chi connectivity index (χ3n) is 1.88. The van der Waals surface area contributed by atoms with Gasteiger partial charge in [-0.25, -0.2) is 9.67 Å². The van der Waals surface area contributed by atoms with Crippen molar-refractivity contribution in [3.8, 4) is 0 Å². The average molecular weight is 191 g/mol. The Balaban J connectivity index is 0.000000461. The second kappa shape index (κ2) is 5.37. The molecule has 0 N–H and O–H groups in total. The fourth-order valence-corrected chi connectivity index (χ4v) is 1.30. The summed E-state index contributed by atoms with van der Waals surface area (Å²) < 4.78 is 1.83. The Morgan fingerprint density at radius 3 is 2.71 bits per heavy atom. The van der Waals surface area contributed by atoms with Gasteiger partial charge in [0, 0.05) is 24.5 Å². The largest absolute Gasteiger partial charge is 0.239 e. The van der Waals surface area contributed by atoms with Gasteiger partial charge >= 0.3 is 0 Å². The molecule has 76 valence electrons. The molecule has 0 unspecified atom stereocenters. The molecule has 0 bridgehead atoms. The molecule has 1 aliphatic rings. The van der Waals surface area contributed by atoms with Gasteiger partial charge in [-0.15, -0.1) is 0 Å². The molecule has 0 amide bonds. The standard InChI is InChI=1S/C9H11N3.C2H6/c1-8-4-2-5-9(11-8)12-7-3-6-10-12;1-2/h3-4,6-7H,2,5H2,1H3;1-2H3. The SMILES string of the molecule is CC.CC1=CCCC(n2cccn2)=N1. The highest BCUT2D eigenvalue weighted by molar-refractivity contribution is 5.85. The first-order valence-electron chi connectivity index (χ1n) is 5.10. The number of aromatic nitrogens is 2. The van der Waals surface area contributed by atoms with Crippen molar-refractivity contribution in [1.82, 2.24) is 9.78 Å². The summed E-state index contributed by atoms with van der Waals surface area (Å²) in [5.74, 6) is 1.04. The molecule has 2 heterocycles. The molecule has 14 heavy (non-hydrogen) atoms. The van der Waals surface area contributed by atoms with E-state index in [1.807, 2.05) is 37.7 Å². The van der Waals surface area contributed by atoms with E-state index in [-0.39, 0.29) is 0 Å². The van der Waals surface area contributed by atoms with Crippen molar-refractivity contribution in [2.75, 3.05) is 0 Å². The zero-order chi connectivity index (χ0) is 10.4. The normalized spacial score (nSPS) is 15.1. The second-order valence-electron chi connectivity index (χ2n) is 2.86. The van der Waals surface area contributed by atoms with Gasteiger partial charge in [-0.2, -0.15) is 5.10 Å². The van der Waals surface area contributed by atoms with Crippen molar-refractivity contribution in [2.24, 2.45) is 4.99 Å². The maximum Gasteiger partial charge on any atom is 0.130 e. The first kappa shape index (κ1) is 10.7. The van der Waals surface area contributed by atoms with Crippen LogP contribution in [0.3, 0.4) is 0 Å². The molecule has 0 saturated heterocycles. The Morgan fingerprint density at radius 2 is 2.14 bits per heavy atom. The van der Waals surface area contributed by atoms with Crippen molar-refractivity contribution < 1.29 is 0 Å². The van der Waals surface area contributed by atoms with Crippen LogP contribution in [0.25, 0.3) is 0 Å². The molecular formula is C11H17N3.